The van der Waals surface area contributed by atoms with Crippen LogP contribution in [0.5, 0.6) is 5.75 Å². The van der Waals surface area contributed by atoms with Crippen LogP contribution in [0.1, 0.15) is 24.1 Å². The maximum Gasteiger partial charge on any atom is 0.118 e. The number of hydrogen-bond acceptors (Lipinski definition) is 3. The molecule has 1 heterocycles. The second-order valence-corrected chi connectivity index (χ2v) is 4.12. The molecule has 1 N–H and O–H groups in total. The lowest BCUT2D eigenvalue weighted by atomic mass is 10.0. The Hall–Kier alpha value is -1.81. The van der Waals surface area contributed by atoms with Gasteiger partial charge in [0.05, 0.1) is 19.3 Å². The van der Waals surface area contributed by atoms with Gasteiger partial charge in [-0.05, 0) is 31.7 Å². The average molecular weight is 245 g/mol. The van der Waals surface area contributed by atoms with E-state index in [1.807, 2.05) is 30.1 Å². The number of hydrogen-bond donors (Lipinski definition) is 1. The van der Waals surface area contributed by atoms with Gasteiger partial charge in [0.2, 0.25) is 0 Å². The molecule has 0 bridgehead atoms. The summed E-state index contributed by atoms with van der Waals surface area (Å²) in [5.74, 6) is 0.873. The number of methoxy groups -OCH3 is 1. The molecule has 0 aliphatic rings. The number of ether oxygens (including phenoxy) is 1. The number of nitrogens with zero attached hydrogens (tertiary/aromatic N) is 2. The fourth-order valence-electron chi connectivity index (χ4n) is 2.02. The number of aromatic nitrogens is 2. The van der Waals surface area contributed by atoms with Crippen molar-refractivity contribution in [2.45, 2.75) is 19.5 Å². The van der Waals surface area contributed by atoms with Crippen molar-refractivity contribution >= 4 is 0 Å². The van der Waals surface area contributed by atoms with E-state index >= 15 is 0 Å². The normalized spacial score (nSPS) is 12.4. The Kier molecular flexibility index (Phi) is 3.99. The van der Waals surface area contributed by atoms with E-state index in [-0.39, 0.29) is 6.04 Å². The van der Waals surface area contributed by atoms with E-state index in [9.17, 15) is 0 Å². The lowest BCUT2D eigenvalue weighted by Crippen LogP contribution is -2.17. The minimum atomic E-state index is 0.163. The number of benzene rings is 1. The lowest BCUT2D eigenvalue weighted by molar-refractivity contribution is 0.414. The zero-order valence-corrected chi connectivity index (χ0v) is 11.1. The molecular weight excluding hydrogens is 226 g/mol. The van der Waals surface area contributed by atoms with Gasteiger partial charge < -0.3 is 10.1 Å². The van der Waals surface area contributed by atoms with E-state index in [1.165, 1.54) is 11.1 Å². The summed E-state index contributed by atoms with van der Waals surface area (Å²) in [6.07, 6.45) is 3.99. The van der Waals surface area contributed by atoms with Crippen LogP contribution in [-0.4, -0.2) is 23.9 Å². The van der Waals surface area contributed by atoms with Crippen molar-refractivity contribution in [3.8, 4) is 5.75 Å². The van der Waals surface area contributed by atoms with Gasteiger partial charge in [0.25, 0.3) is 0 Å². The first-order valence-corrected chi connectivity index (χ1v) is 6.12. The Morgan fingerprint density at radius 2 is 2.00 bits per heavy atom. The molecule has 0 saturated carbocycles. The van der Waals surface area contributed by atoms with Gasteiger partial charge >= 0.3 is 0 Å². The monoisotopic (exact) mass is 245 g/mol. The molecule has 1 unspecified atom stereocenters. The Bertz CT molecular complexity index is 490. The number of nitrogens with one attached hydrogen (secondary N) is 1. The minimum Gasteiger partial charge on any atom is -0.497 e. The lowest BCUT2D eigenvalue weighted by Gasteiger charge is -2.15. The number of rotatable bonds is 5. The first-order valence-electron chi connectivity index (χ1n) is 6.12. The molecule has 96 valence electrons. The summed E-state index contributed by atoms with van der Waals surface area (Å²) in [5, 5.41) is 7.63. The van der Waals surface area contributed by atoms with Crippen LogP contribution >= 0.6 is 0 Å². The third kappa shape index (κ3) is 2.54. The maximum absolute atomic E-state index is 5.17. The molecule has 0 amide bonds. The molecule has 2 aromatic rings. The molecule has 1 aromatic heterocycles. The smallest absolute Gasteiger partial charge is 0.118 e. The van der Waals surface area contributed by atoms with Crippen LogP contribution in [0.2, 0.25) is 0 Å². The zero-order chi connectivity index (χ0) is 13.0. The Labute approximate surface area is 108 Å². The topological polar surface area (TPSA) is 39.1 Å². The number of aryl methyl sites for hydroxylation is 1. The fraction of sp³-hybridized carbons (Fsp3) is 0.357. The van der Waals surface area contributed by atoms with Gasteiger partial charge in [-0.15, -0.1) is 0 Å². The third-order valence-electron chi connectivity index (χ3n) is 3.05. The Morgan fingerprint density at radius 1 is 1.28 bits per heavy atom. The molecule has 0 saturated heterocycles. The molecule has 1 aromatic carbocycles. The van der Waals surface area contributed by atoms with Crippen LogP contribution in [-0.2, 0) is 6.54 Å². The van der Waals surface area contributed by atoms with E-state index in [2.05, 4.69) is 35.7 Å². The summed E-state index contributed by atoms with van der Waals surface area (Å²) in [6.45, 7) is 2.97. The summed E-state index contributed by atoms with van der Waals surface area (Å²) in [4.78, 5) is 0. The first kappa shape index (κ1) is 12.6. The molecule has 1 atom stereocenters. The fourth-order valence-corrected chi connectivity index (χ4v) is 2.02. The van der Waals surface area contributed by atoms with Gasteiger partial charge in [0.15, 0.2) is 0 Å². The van der Waals surface area contributed by atoms with Crippen molar-refractivity contribution in [1.82, 2.24) is 15.1 Å². The molecule has 18 heavy (non-hydrogen) atoms. The van der Waals surface area contributed by atoms with Crippen LogP contribution in [0.4, 0.5) is 0 Å². The van der Waals surface area contributed by atoms with E-state index in [4.69, 9.17) is 4.74 Å². The van der Waals surface area contributed by atoms with Gasteiger partial charge in [0.1, 0.15) is 5.75 Å². The Balaban J connectivity index is 2.26. The molecule has 0 aliphatic heterocycles. The molecule has 2 rings (SSSR count). The molecule has 0 aliphatic carbocycles. The average Bonchev–Trinajstić information content (AvgIpc) is 2.89. The maximum atomic E-state index is 5.17. The van der Waals surface area contributed by atoms with Gasteiger partial charge in [-0.1, -0.05) is 12.1 Å². The second kappa shape index (κ2) is 5.69. The van der Waals surface area contributed by atoms with Crippen molar-refractivity contribution in [3.05, 3.63) is 47.8 Å². The van der Waals surface area contributed by atoms with Gasteiger partial charge in [-0.25, -0.2) is 0 Å². The molecule has 4 heteroatoms. The second-order valence-electron chi connectivity index (χ2n) is 4.12. The van der Waals surface area contributed by atoms with E-state index < -0.39 is 0 Å². The van der Waals surface area contributed by atoms with Crippen LogP contribution in [0, 0.1) is 0 Å². The van der Waals surface area contributed by atoms with Gasteiger partial charge in [-0.3, -0.25) is 4.68 Å². The first-order chi connectivity index (χ1) is 8.78. The SMILES string of the molecule is CCn1cc(C(NC)c2ccc(OC)cc2)cn1. The van der Waals surface area contributed by atoms with E-state index in [0.717, 1.165) is 12.3 Å². The van der Waals surface area contributed by atoms with Crippen LogP contribution in [0.3, 0.4) is 0 Å². The summed E-state index contributed by atoms with van der Waals surface area (Å²) >= 11 is 0. The molecular formula is C14H19N3O. The van der Waals surface area contributed by atoms with Crippen molar-refractivity contribution < 1.29 is 4.74 Å². The highest BCUT2D eigenvalue weighted by Gasteiger charge is 2.13. The molecule has 4 nitrogen and oxygen atoms in total. The largest absolute Gasteiger partial charge is 0.497 e. The highest BCUT2D eigenvalue weighted by molar-refractivity contribution is 5.33. The van der Waals surface area contributed by atoms with E-state index in [1.54, 1.807) is 7.11 Å². The highest BCUT2D eigenvalue weighted by Crippen LogP contribution is 2.23. The van der Waals surface area contributed by atoms with Crippen molar-refractivity contribution in [2.75, 3.05) is 14.2 Å². The predicted molar refractivity (Wildman–Crippen MR) is 71.8 cm³/mol. The van der Waals surface area contributed by atoms with E-state index in [0.29, 0.717) is 0 Å². The van der Waals surface area contributed by atoms with Gasteiger partial charge in [-0.2, -0.15) is 5.10 Å². The van der Waals surface area contributed by atoms with Crippen LogP contribution in [0.25, 0.3) is 0 Å². The minimum absolute atomic E-state index is 0.163. The zero-order valence-electron chi connectivity index (χ0n) is 11.1. The predicted octanol–water partition coefficient (Wildman–Crippen LogP) is 2.22. The van der Waals surface area contributed by atoms with Gasteiger partial charge in [0, 0.05) is 18.3 Å². The Morgan fingerprint density at radius 3 is 2.50 bits per heavy atom. The third-order valence-corrected chi connectivity index (χ3v) is 3.05. The summed E-state index contributed by atoms with van der Waals surface area (Å²) < 4.78 is 7.11. The summed E-state index contributed by atoms with van der Waals surface area (Å²) in [6, 6.07) is 8.26. The highest BCUT2D eigenvalue weighted by atomic mass is 16.5. The molecule has 0 radical (unpaired) electrons. The summed E-state index contributed by atoms with van der Waals surface area (Å²) in [5.41, 5.74) is 2.37. The molecule has 0 fully saturated rings. The van der Waals surface area contributed by atoms with Crippen molar-refractivity contribution in [2.24, 2.45) is 0 Å². The van der Waals surface area contributed by atoms with Crippen LogP contribution in [0.15, 0.2) is 36.7 Å². The van der Waals surface area contributed by atoms with Crippen LogP contribution < -0.4 is 10.1 Å². The van der Waals surface area contributed by atoms with Crippen molar-refractivity contribution in [3.63, 3.8) is 0 Å². The van der Waals surface area contributed by atoms with Crippen molar-refractivity contribution in [1.29, 1.82) is 0 Å². The summed E-state index contributed by atoms with van der Waals surface area (Å²) in [7, 11) is 3.63. The standard InChI is InChI=1S/C14H19N3O/c1-4-17-10-12(9-16-17)14(15-2)11-5-7-13(18-3)8-6-11/h5-10,14-15H,4H2,1-3H3. The molecule has 0 spiro atoms. The quantitative estimate of drug-likeness (QED) is 0.878.